The first kappa shape index (κ1) is 40.1. The van der Waals surface area contributed by atoms with Crippen molar-refractivity contribution in [1.82, 2.24) is 0 Å². The number of rotatable bonds is 0. The predicted molar refractivity (Wildman–Crippen MR) is 231 cm³/mol. The largest absolute Gasteiger partial charge is 0.488 e. The Labute approximate surface area is 346 Å². The van der Waals surface area contributed by atoms with E-state index in [1.807, 2.05) is 0 Å². The number of amides is 4. The number of benzene rings is 6. The van der Waals surface area contributed by atoms with Crippen LogP contribution in [0.4, 0.5) is 22.7 Å². The van der Waals surface area contributed by atoms with Crippen LogP contribution in [0.15, 0.2) is 170 Å². The zero-order chi connectivity index (χ0) is 41.8. The zero-order valence-corrected chi connectivity index (χ0v) is 32.4. The van der Waals surface area contributed by atoms with Crippen LogP contribution in [-0.4, -0.2) is 50.1 Å². The maximum atomic E-state index is 13.4. The van der Waals surface area contributed by atoms with Gasteiger partial charge in [-0.05, 0) is 108 Å². The maximum Gasteiger partial charge on any atom is 0.259 e. The molecule has 4 heterocycles. The highest BCUT2D eigenvalue weighted by Gasteiger charge is 2.18. The van der Waals surface area contributed by atoms with Crippen molar-refractivity contribution in [2.75, 3.05) is 47.7 Å². The summed E-state index contributed by atoms with van der Waals surface area (Å²) in [6, 6.07) is 40.6. The molecule has 10 rings (SSSR count). The smallest absolute Gasteiger partial charge is 0.259 e. The molecule has 4 bridgehead atoms. The van der Waals surface area contributed by atoms with Crippen molar-refractivity contribution in [3.8, 4) is 23.0 Å². The highest BCUT2D eigenvalue weighted by molar-refractivity contribution is 6.09. The van der Waals surface area contributed by atoms with Crippen LogP contribution in [0, 0.1) is 0 Å². The summed E-state index contributed by atoms with van der Waals surface area (Å²) in [5.74, 6) is -0.250. The van der Waals surface area contributed by atoms with Crippen LogP contribution in [0.3, 0.4) is 0 Å². The fourth-order valence-electron chi connectivity index (χ4n) is 5.99. The van der Waals surface area contributed by atoms with Crippen LogP contribution in [0.25, 0.3) is 0 Å². The number of carbonyl (C=O) groups excluding carboxylic acids is 4. The first-order chi connectivity index (χ1) is 29.2. The third kappa shape index (κ3) is 10.2. The number of para-hydroxylation sites is 4. The van der Waals surface area contributed by atoms with Crippen molar-refractivity contribution < 1.29 is 38.1 Å². The third-order valence-corrected chi connectivity index (χ3v) is 9.06. The molecule has 4 aliphatic rings. The van der Waals surface area contributed by atoms with Gasteiger partial charge in [-0.3, -0.25) is 19.2 Å². The zero-order valence-electron chi connectivity index (χ0n) is 32.4. The fourth-order valence-corrected chi connectivity index (χ4v) is 5.99. The Kier molecular flexibility index (Phi) is 12.6. The summed E-state index contributed by atoms with van der Waals surface area (Å²) in [6.45, 7) is 8.29. The minimum atomic E-state index is -0.400. The van der Waals surface area contributed by atoms with E-state index in [1.165, 1.54) is 0 Å². The maximum absolute atomic E-state index is 13.4. The lowest BCUT2D eigenvalue weighted by Gasteiger charge is -2.16. The molecule has 0 aliphatic carbocycles. The molecule has 0 aromatic heterocycles. The van der Waals surface area contributed by atoms with Crippen molar-refractivity contribution in [2.45, 2.75) is 0 Å². The van der Waals surface area contributed by atoms with Gasteiger partial charge in [0.1, 0.15) is 49.4 Å². The monoisotopic (exact) mass is 800 g/mol. The second-order valence-corrected chi connectivity index (χ2v) is 13.6. The molecule has 6 aromatic carbocycles. The minimum absolute atomic E-state index is 0.0392. The van der Waals surface area contributed by atoms with Gasteiger partial charge in [0.2, 0.25) is 0 Å². The summed E-state index contributed by atoms with van der Waals surface area (Å²) < 4.78 is 24.0. The van der Waals surface area contributed by atoms with Gasteiger partial charge in [0.25, 0.3) is 23.6 Å². The van der Waals surface area contributed by atoms with Gasteiger partial charge in [0, 0.05) is 22.7 Å². The van der Waals surface area contributed by atoms with Gasteiger partial charge >= 0.3 is 0 Å². The second-order valence-electron chi connectivity index (χ2n) is 13.6. The molecular weight excluding hydrogens is 761 g/mol. The lowest BCUT2D eigenvalue weighted by Crippen LogP contribution is -2.17. The van der Waals surface area contributed by atoms with Gasteiger partial charge in [0.05, 0.1) is 22.3 Å². The number of nitrogens with one attached hydrogen (secondary N) is 4. The van der Waals surface area contributed by atoms with E-state index >= 15 is 0 Å². The Bertz CT molecular complexity index is 2220. The van der Waals surface area contributed by atoms with E-state index in [0.29, 0.717) is 79.1 Å². The third-order valence-electron chi connectivity index (χ3n) is 9.06. The van der Waals surface area contributed by atoms with Crippen molar-refractivity contribution in [3.05, 3.63) is 192 Å². The SMILES string of the molecule is C=C1COc2ccccc2C(=O)Nc2ccc(cc2)NC(=O)c2ccccc2OCC(=C)COc2ccccc2C(=O)Nc2ccc(cc2)NC(=O)c2ccccc2OC1. The second kappa shape index (κ2) is 18.9. The van der Waals surface area contributed by atoms with Gasteiger partial charge in [-0.2, -0.15) is 0 Å². The van der Waals surface area contributed by atoms with Gasteiger partial charge in [-0.25, -0.2) is 0 Å². The molecule has 0 radical (unpaired) electrons. The molecule has 0 fully saturated rings. The first-order valence-electron chi connectivity index (χ1n) is 18.9. The standard InChI is InChI=1S/C48H40N4O8/c1-31-27-57-41-15-7-3-11-37(41)45(53)49-33-19-23-35(24-20-33)51-47(55)39-13-5-9-17-43(39)59-29-32(2)30-60-44-18-10-6-14-40(44)48(56)52-36-25-21-34(22-26-36)50-46(54)38-12-4-8-16-42(38)58-28-31/h3-26H,1-2,27-30H2,(H,49,53)(H,50,54)(H,51,55)(H,52,56). The Morgan fingerprint density at radius 2 is 0.517 bits per heavy atom. The Balaban J connectivity index is 1.11. The molecule has 60 heavy (non-hydrogen) atoms. The Hall–Kier alpha value is -8.12. The van der Waals surface area contributed by atoms with E-state index in [1.54, 1.807) is 146 Å². The molecule has 0 spiro atoms. The van der Waals surface area contributed by atoms with Gasteiger partial charge in [-0.15, -0.1) is 0 Å². The summed E-state index contributed by atoms with van der Waals surface area (Å²) >= 11 is 0. The van der Waals surface area contributed by atoms with Gasteiger partial charge in [-0.1, -0.05) is 61.7 Å². The fraction of sp³-hybridized carbons (Fsp3) is 0.0833. The van der Waals surface area contributed by atoms with Crippen LogP contribution < -0.4 is 40.2 Å². The van der Waals surface area contributed by atoms with Crippen LogP contribution >= 0.6 is 0 Å². The molecule has 12 nitrogen and oxygen atoms in total. The van der Waals surface area contributed by atoms with E-state index in [2.05, 4.69) is 34.4 Å². The van der Waals surface area contributed by atoms with Gasteiger partial charge < -0.3 is 40.2 Å². The Morgan fingerprint density at radius 1 is 0.317 bits per heavy atom. The van der Waals surface area contributed by atoms with Crippen LogP contribution in [0.2, 0.25) is 0 Å². The molecular formula is C48H40N4O8. The number of anilines is 4. The number of ether oxygens (including phenoxy) is 4. The molecule has 6 aromatic rings. The molecule has 4 amide bonds. The summed E-state index contributed by atoms with van der Waals surface area (Å²) in [7, 11) is 0. The summed E-state index contributed by atoms with van der Waals surface area (Å²) in [5.41, 5.74) is 4.30. The van der Waals surface area contributed by atoms with E-state index in [9.17, 15) is 19.2 Å². The summed E-state index contributed by atoms with van der Waals surface area (Å²) in [4.78, 5) is 53.6. The van der Waals surface area contributed by atoms with Crippen molar-refractivity contribution >= 4 is 46.4 Å². The van der Waals surface area contributed by atoms with E-state index in [4.69, 9.17) is 18.9 Å². The summed E-state index contributed by atoms with van der Waals surface area (Å²) in [6.07, 6.45) is 0. The van der Waals surface area contributed by atoms with Crippen LogP contribution in [-0.2, 0) is 0 Å². The van der Waals surface area contributed by atoms with Crippen molar-refractivity contribution in [1.29, 1.82) is 0 Å². The van der Waals surface area contributed by atoms with Crippen molar-refractivity contribution in [2.24, 2.45) is 0 Å². The minimum Gasteiger partial charge on any atom is -0.488 e. The van der Waals surface area contributed by atoms with Crippen molar-refractivity contribution in [3.63, 3.8) is 0 Å². The normalized spacial score (nSPS) is 14.3. The topological polar surface area (TPSA) is 153 Å². The average Bonchev–Trinajstić information content (AvgIpc) is 3.27. The molecule has 300 valence electrons. The highest BCUT2D eigenvalue weighted by Crippen LogP contribution is 2.26. The lowest BCUT2D eigenvalue weighted by molar-refractivity contribution is 0.101. The lowest BCUT2D eigenvalue weighted by atomic mass is 10.1. The molecule has 0 saturated heterocycles. The van der Waals surface area contributed by atoms with E-state index < -0.39 is 23.6 Å². The summed E-state index contributed by atoms with van der Waals surface area (Å²) in [5, 5.41) is 11.5. The first-order valence-corrected chi connectivity index (χ1v) is 18.9. The van der Waals surface area contributed by atoms with Crippen LogP contribution in [0.1, 0.15) is 41.4 Å². The van der Waals surface area contributed by atoms with E-state index in [-0.39, 0.29) is 26.4 Å². The average molecular weight is 801 g/mol. The Morgan fingerprint density at radius 3 is 0.733 bits per heavy atom. The quantitative estimate of drug-likeness (QED) is 0.111. The van der Waals surface area contributed by atoms with E-state index in [0.717, 1.165) is 0 Å². The number of carbonyl (C=O) groups is 4. The van der Waals surface area contributed by atoms with Gasteiger partial charge in [0.15, 0.2) is 0 Å². The number of hydrogen-bond acceptors (Lipinski definition) is 8. The molecule has 4 N–H and O–H groups in total. The molecule has 0 atom stereocenters. The molecule has 12 heteroatoms. The molecule has 0 saturated carbocycles. The predicted octanol–water partition coefficient (Wildman–Crippen LogP) is 9.04. The number of hydrogen-bond donors (Lipinski definition) is 4. The molecule has 0 unspecified atom stereocenters. The highest BCUT2D eigenvalue weighted by atomic mass is 16.5. The molecule has 4 aliphatic heterocycles. The van der Waals surface area contributed by atoms with Crippen LogP contribution in [0.5, 0.6) is 23.0 Å².